The van der Waals surface area contributed by atoms with Gasteiger partial charge in [0.15, 0.2) is 5.96 Å². The third-order valence-corrected chi connectivity index (χ3v) is 4.66. The molecule has 1 aromatic carbocycles. The summed E-state index contributed by atoms with van der Waals surface area (Å²) in [6.45, 7) is 6.56. The molecule has 1 aliphatic heterocycles. The van der Waals surface area contributed by atoms with E-state index in [1.165, 1.54) is 25.3 Å². The molecule has 142 valence electrons. The van der Waals surface area contributed by atoms with E-state index >= 15 is 0 Å². The normalized spacial score (nSPS) is 19.9. The van der Waals surface area contributed by atoms with E-state index in [2.05, 4.69) is 34.4 Å². The average Bonchev–Trinajstić information content (AvgIpc) is 2.58. The second-order valence-corrected chi connectivity index (χ2v) is 6.47. The molecule has 7 heteroatoms. The molecular weight excluding hydrogens is 437 g/mol. The minimum atomic E-state index is -0.441. The molecule has 0 amide bonds. The maximum absolute atomic E-state index is 13.7. The first-order valence-corrected chi connectivity index (χ1v) is 8.65. The van der Waals surface area contributed by atoms with Gasteiger partial charge in [0.1, 0.15) is 11.6 Å². The zero-order valence-electron chi connectivity index (χ0n) is 15.2. The molecule has 1 saturated heterocycles. The van der Waals surface area contributed by atoms with Crippen LogP contribution in [0.15, 0.2) is 23.2 Å². The lowest BCUT2D eigenvalue weighted by Crippen LogP contribution is -2.50. The van der Waals surface area contributed by atoms with E-state index in [4.69, 9.17) is 0 Å². The van der Waals surface area contributed by atoms with Crippen LogP contribution in [0, 0.1) is 11.6 Å². The van der Waals surface area contributed by atoms with Gasteiger partial charge in [-0.05, 0) is 51.4 Å². The Morgan fingerprint density at radius 3 is 2.76 bits per heavy atom. The minimum absolute atomic E-state index is 0. The Balaban J connectivity index is 0.00000312. The van der Waals surface area contributed by atoms with Crippen LogP contribution in [-0.4, -0.2) is 43.1 Å². The molecule has 25 heavy (non-hydrogen) atoms. The number of nitrogens with zero attached hydrogens (tertiary/aromatic N) is 2. The summed E-state index contributed by atoms with van der Waals surface area (Å²) in [5.41, 5.74) is 0.288. The summed E-state index contributed by atoms with van der Waals surface area (Å²) in [5, 5.41) is 6.31. The van der Waals surface area contributed by atoms with E-state index < -0.39 is 11.6 Å². The number of likely N-dealkylation sites (tertiary alicyclic amines) is 1. The van der Waals surface area contributed by atoms with Crippen molar-refractivity contribution in [3.8, 4) is 0 Å². The first-order chi connectivity index (χ1) is 11.5. The zero-order chi connectivity index (χ0) is 17.5. The molecule has 2 atom stereocenters. The predicted molar refractivity (Wildman–Crippen MR) is 109 cm³/mol. The Morgan fingerprint density at radius 1 is 1.32 bits per heavy atom. The van der Waals surface area contributed by atoms with Crippen molar-refractivity contribution < 1.29 is 8.78 Å². The Morgan fingerprint density at radius 2 is 2.08 bits per heavy atom. The number of piperidine rings is 1. The highest BCUT2D eigenvalue weighted by Gasteiger charge is 2.22. The average molecular weight is 466 g/mol. The highest BCUT2D eigenvalue weighted by atomic mass is 127. The van der Waals surface area contributed by atoms with Gasteiger partial charge in [-0.2, -0.15) is 0 Å². The molecule has 1 fully saturated rings. The van der Waals surface area contributed by atoms with Crippen LogP contribution >= 0.6 is 24.0 Å². The summed E-state index contributed by atoms with van der Waals surface area (Å²) >= 11 is 0. The third-order valence-electron chi connectivity index (χ3n) is 4.66. The van der Waals surface area contributed by atoms with Gasteiger partial charge in [0.2, 0.25) is 0 Å². The van der Waals surface area contributed by atoms with Gasteiger partial charge in [0.05, 0.1) is 0 Å². The minimum Gasteiger partial charge on any atom is -0.355 e. The fourth-order valence-corrected chi connectivity index (χ4v) is 3.22. The molecule has 1 heterocycles. The molecule has 0 bridgehead atoms. The lowest BCUT2D eigenvalue weighted by Gasteiger charge is -2.38. The van der Waals surface area contributed by atoms with Gasteiger partial charge >= 0.3 is 0 Å². The second kappa shape index (κ2) is 10.9. The molecule has 2 N–H and O–H groups in total. The van der Waals surface area contributed by atoms with E-state index in [1.54, 1.807) is 7.05 Å². The Labute approximate surface area is 166 Å². The smallest absolute Gasteiger partial charge is 0.191 e. The number of benzene rings is 1. The predicted octanol–water partition coefficient (Wildman–Crippen LogP) is 3.51. The van der Waals surface area contributed by atoms with Gasteiger partial charge in [0, 0.05) is 37.8 Å². The number of halogens is 3. The lowest BCUT2D eigenvalue weighted by molar-refractivity contribution is 0.115. The monoisotopic (exact) mass is 466 g/mol. The van der Waals surface area contributed by atoms with Crippen LogP contribution in [0.1, 0.15) is 38.7 Å². The van der Waals surface area contributed by atoms with Gasteiger partial charge in [-0.3, -0.25) is 9.89 Å². The largest absolute Gasteiger partial charge is 0.355 e. The lowest BCUT2D eigenvalue weighted by atomic mass is 10.0. The number of nitrogens with one attached hydrogen (secondary N) is 2. The van der Waals surface area contributed by atoms with Crippen molar-refractivity contribution in [3.63, 3.8) is 0 Å². The first-order valence-electron chi connectivity index (χ1n) is 8.65. The molecule has 4 nitrogen and oxygen atoms in total. The van der Waals surface area contributed by atoms with Crippen LogP contribution in [0.25, 0.3) is 0 Å². The van der Waals surface area contributed by atoms with Gasteiger partial charge in [0.25, 0.3) is 0 Å². The molecule has 0 saturated carbocycles. The molecule has 2 unspecified atom stereocenters. The van der Waals surface area contributed by atoms with Crippen LogP contribution < -0.4 is 10.6 Å². The van der Waals surface area contributed by atoms with Gasteiger partial charge < -0.3 is 10.6 Å². The van der Waals surface area contributed by atoms with E-state index in [1.807, 2.05) is 0 Å². The summed E-state index contributed by atoms with van der Waals surface area (Å²) in [4.78, 5) is 6.66. The number of aliphatic imine (C=N–C) groups is 1. The molecule has 1 aliphatic rings. The maximum Gasteiger partial charge on any atom is 0.191 e. The third kappa shape index (κ3) is 6.69. The standard InChI is InChI=1S/C18H28F2N4.HI/c1-13-6-4-5-9-24(13)14(2)11-22-18(21-3)23-12-15-10-16(19)7-8-17(15)20;/h7-8,10,13-14H,4-6,9,11-12H2,1-3H3,(H2,21,22,23);1H. The van der Waals surface area contributed by atoms with Crippen LogP contribution in [0.5, 0.6) is 0 Å². The molecule has 0 radical (unpaired) electrons. The number of hydrogen-bond donors (Lipinski definition) is 2. The molecule has 0 aromatic heterocycles. The number of rotatable bonds is 5. The van der Waals surface area contributed by atoms with E-state index in [0.29, 0.717) is 18.0 Å². The number of guanidine groups is 1. The molecule has 1 aromatic rings. The summed E-state index contributed by atoms with van der Waals surface area (Å²) < 4.78 is 26.9. The second-order valence-electron chi connectivity index (χ2n) is 6.47. The summed E-state index contributed by atoms with van der Waals surface area (Å²) in [5.74, 6) is -0.270. The van der Waals surface area contributed by atoms with Gasteiger partial charge in [-0.1, -0.05) is 6.42 Å². The first kappa shape index (κ1) is 22.1. The SMILES string of the molecule is CN=C(NCc1cc(F)ccc1F)NCC(C)N1CCCCC1C.I. The molecule has 0 spiro atoms. The van der Waals surface area contributed by atoms with Crippen LogP contribution in [-0.2, 0) is 6.54 Å². The zero-order valence-corrected chi connectivity index (χ0v) is 17.5. The van der Waals surface area contributed by atoms with E-state index in [-0.39, 0.29) is 36.1 Å². The van der Waals surface area contributed by atoms with Crippen LogP contribution in [0.4, 0.5) is 8.78 Å². The van der Waals surface area contributed by atoms with E-state index in [9.17, 15) is 8.78 Å². The summed E-state index contributed by atoms with van der Waals surface area (Å²) in [6.07, 6.45) is 3.80. The van der Waals surface area contributed by atoms with Crippen molar-refractivity contribution in [2.75, 3.05) is 20.1 Å². The number of hydrogen-bond acceptors (Lipinski definition) is 2. The quantitative estimate of drug-likeness (QED) is 0.397. The van der Waals surface area contributed by atoms with Crippen molar-refractivity contribution in [1.82, 2.24) is 15.5 Å². The van der Waals surface area contributed by atoms with Crippen molar-refractivity contribution in [2.45, 2.75) is 51.7 Å². The Bertz CT molecular complexity index is 568. The Kier molecular flexibility index (Phi) is 9.63. The topological polar surface area (TPSA) is 39.7 Å². The fraction of sp³-hybridized carbons (Fsp3) is 0.611. The Hall–Kier alpha value is -0.960. The van der Waals surface area contributed by atoms with Gasteiger partial charge in [-0.15, -0.1) is 24.0 Å². The van der Waals surface area contributed by atoms with Crippen molar-refractivity contribution in [1.29, 1.82) is 0 Å². The van der Waals surface area contributed by atoms with Gasteiger partial charge in [-0.25, -0.2) is 8.78 Å². The molecular formula is C18H29F2IN4. The summed E-state index contributed by atoms with van der Waals surface area (Å²) in [6, 6.07) is 4.46. The van der Waals surface area contributed by atoms with Crippen molar-refractivity contribution in [2.24, 2.45) is 4.99 Å². The van der Waals surface area contributed by atoms with Crippen LogP contribution in [0.2, 0.25) is 0 Å². The van der Waals surface area contributed by atoms with E-state index in [0.717, 1.165) is 25.2 Å². The van der Waals surface area contributed by atoms with Crippen LogP contribution in [0.3, 0.4) is 0 Å². The fourth-order valence-electron chi connectivity index (χ4n) is 3.22. The van der Waals surface area contributed by atoms with Crippen molar-refractivity contribution in [3.05, 3.63) is 35.4 Å². The van der Waals surface area contributed by atoms with Crippen molar-refractivity contribution >= 4 is 29.9 Å². The molecule has 0 aliphatic carbocycles. The highest BCUT2D eigenvalue weighted by molar-refractivity contribution is 14.0. The molecule has 2 rings (SSSR count). The maximum atomic E-state index is 13.7. The summed E-state index contributed by atoms with van der Waals surface area (Å²) in [7, 11) is 1.67. The highest BCUT2D eigenvalue weighted by Crippen LogP contribution is 2.18.